The summed E-state index contributed by atoms with van der Waals surface area (Å²) in [6.07, 6.45) is 0. The minimum atomic E-state index is -0.312. The third kappa shape index (κ3) is 3.26. The van der Waals surface area contributed by atoms with Crippen molar-refractivity contribution in [3.05, 3.63) is 63.1 Å². The summed E-state index contributed by atoms with van der Waals surface area (Å²) < 4.78 is 0.722. The summed E-state index contributed by atoms with van der Waals surface area (Å²) in [7, 11) is 0. The smallest absolute Gasteiger partial charge is 0.255 e. The predicted molar refractivity (Wildman–Crippen MR) is 83.6 cm³/mol. The number of hydrogen-bond donors (Lipinski definition) is 1. The molecule has 0 saturated carbocycles. The van der Waals surface area contributed by atoms with Crippen molar-refractivity contribution in [1.29, 1.82) is 0 Å². The van der Waals surface area contributed by atoms with Crippen LogP contribution in [0.4, 0.5) is 5.69 Å². The Balaban J connectivity index is 2.28. The summed E-state index contributed by atoms with van der Waals surface area (Å²) in [5.74, 6) is -0.414. The molecule has 0 radical (unpaired) electrons. The zero-order chi connectivity index (χ0) is 14.7. The second-order valence-electron chi connectivity index (χ2n) is 4.18. The Bertz CT molecular complexity index is 685. The van der Waals surface area contributed by atoms with E-state index in [1.54, 1.807) is 42.5 Å². The monoisotopic (exact) mass is 351 g/mol. The molecule has 2 aromatic rings. The zero-order valence-corrected chi connectivity index (χ0v) is 13.0. The van der Waals surface area contributed by atoms with Crippen molar-refractivity contribution in [2.24, 2.45) is 0 Å². The minimum absolute atomic E-state index is 0.102. The van der Waals surface area contributed by atoms with Gasteiger partial charge in [0.2, 0.25) is 0 Å². The molecule has 0 unspecified atom stereocenters. The van der Waals surface area contributed by atoms with Gasteiger partial charge < -0.3 is 5.32 Å². The standard InChI is InChI=1S/C15H11BrClNO2/c1-9(19)11-4-2-3-5-14(11)18-15(20)10-6-7-12(16)13(17)8-10/h2-8H,1H3,(H,18,20). The average Bonchev–Trinajstić information content (AvgIpc) is 2.42. The van der Waals surface area contributed by atoms with Crippen LogP contribution in [-0.4, -0.2) is 11.7 Å². The largest absolute Gasteiger partial charge is 0.321 e. The molecule has 0 heterocycles. The number of benzene rings is 2. The fourth-order valence-electron chi connectivity index (χ4n) is 1.73. The summed E-state index contributed by atoms with van der Waals surface area (Å²) in [5.41, 5.74) is 1.39. The molecule has 0 atom stereocenters. The number of ketones is 1. The second-order valence-corrected chi connectivity index (χ2v) is 5.45. The second kappa shape index (κ2) is 6.20. The van der Waals surface area contributed by atoms with E-state index < -0.39 is 0 Å². The van der Waals surface area contributed by atoms with Crippen LogP contribution in [-0.2, 0) is 0 Å². The fraction of sp³-hybridized carbons (Fsp3) is 0.0667. The molecule has 0 spiro atoms. The Labute approximate surface area is 130 Å². The Morgan fingerprint density at radius 1 is 1.15 bits per heavy atom. The number of halogens is 2. The highest BCUT2D eigenvalue weighted by atomic mass is 79.9. The number of carbonyl (C=O) groups is 2. The van der Waals surface area contributed by atoms with E-state index >= 15 is 0 Å². The lowest BCUT2D eigenvalue weighted by atomic mass is 10.1. The highest BCUT2D eigenvalue weighted by Crippen LogP contribution is 2.24. The Kier molecular flexibility index (Phi) is 4.57. The van der Waals surface area contributed by atoms with Gasteiger partial charge in [0.15, 0.2) is 5.78 Å². The molecule has 20 heavy (non-hydrogen) atoms. The first-order valence-corrected chi connectivity index (χ1v) is 7.02. The molecule has 0 aliphatic rings. The number of hydrogen-bond acceptors (Lipinski definition) is 2. The number of Topliss-reactive ketones (excluding diaryl/α,β-unsaturated/α-hetero) is 1. The molecule has 0 fully saturated rings. The molecule has 0 bridgehead atoms. The van der Waals surface area contributed by atoms with Crippen molar-refractivity contribution in [3.8, 4) is 0 Å². The van der Waals surface area contributed by atoms with Crippen molar-refractivity contribution >= 4 is 44.9 Å². The maximum atomic E-state index is 12.2. The van der Waals surface area contributed by atoms with Gasteiger partial charge in [-0.1, -0.05) is 23.7 Å². The number of amides is 1. The highest BCUT2D eigenvalue weighted by molar-refractivity contribution is 9.10. The number of nitrogens with one attached hydrogen (secondary N) is 1. The third-order valence-electron chi connectivity index (χ3n) is 2.74. The van der Waals surface area contributed by atoms with Gasteiger partial charge in [-0.05, 0) is 53.2 Å². The van der Waals surface area contributed by atoms with Crippen molar-refractivity contribution < 1.29 is 9.59 Å². The number of rotatable bonds is 3. The van der Waals surface area contributed by atoms with Gasteiger partial charge >= 0.3 is 0 Å². The van der Waals surface area contributed by atoms with Gasteiger partial charge in [0, 0.05) is 15.6 Å². The quantitative estimate of drug-likeness (QED) is 0.823. The summed E-state index contributed by atoms with van der Waals surface area (Å²) in [5, 5.41) is 3.18. The molecule has 0 aliphatic carbocycles. The molecule has 0 saturated heterocycles. The first-order chi connectivity index (χ1) is 9.49. The molecular weight excluding hydrogens is 342 g/mol. The molecule has 0 aliphatic heterocycles. The molecule has 3 nitrogen and oxygen atoms in total. The van der Waals surface area contributed by atoms with Gasteiger partial charge in [0.1, 0.15) is 0 Å². The van der Waals surface area contributed by atoms with E-state index in [-0.39, 0.29) is 11.7 Å². The van der Waals surface area contributed by atoms with Crippen LogP contribution in [0.25, 0.3) is 0 Å². The van der Waals surface area contributed by atoms with Gasteiger partial charge in [-0.15, -0.1) is 0 Å². The minimum Gasteiger partial charge on any atom is -0.321 e. The van der Waals surface area contributed by atoms with E-state index in [9.17, 15) is 9.59 Å². The molecule has 0 aromatic heterocycles. The van der Waals surface area contributed by atoms with Crippen LogP contribution in [0.5, 0.6) is 0 Å². The number of para-hydroxylation sites is 1. The molecule has 102 valence electrons. The van der Waals surface area contributed by atoms with Crippen molar-refractivity contribution in [2.45, 2.75) is 6.92 Å². The molecule has 1 N–H and O–H groups in total. The van der Waals surface area contributed by atoms with Crippen LogP contribution >= 0.6 is 27.5 Å². The van der Waals surface area contributed by atoms with E-state index in [0.717, 1.165) is 4.47 Å². The van der Waals surface area contributed by atoms with Crippen molar-refractivity contribution in [2.75, 3.05) is 5.32 Å². The van der Waals surface area contributed by atoms with Crippen molar-refractivity contribution in [1.82, 2.24) is 0 Å². The molecule has 1 amide bonds. The van der Waals surface area contributed by atoms with E-state index in [2.05, 4.69) is 21.2 Å². The van der Waals surface area contributed by atoms with Crippen molar-refractivity contribution in [3.63, 3.8) is 0 Å². The van der Waals surface area contributed by atoms with E-state index in [4.69, 9.17) is 11.6 Å². The number of carbonyl (C=O) groups excluding carboxylic acids is 2. The van der Waals surface area contributed by atoms with E-state index in [0.29, 0.717) is 21.8 Å². The van der Waals surface area contributed by atoms with E-state index in [1.807, 2.05) is 0 Å². The summed E-state index contributed by atoms with van der Waals surface area (Å²) in [4.78, 5) is 23.7. The topological polar surface area (TPSA) is 46.2 Å². The Hall–Kier alpha value is -1.65. The van der Waals surface area contributed by atoms with Gasteiger partial charge in [0.25, 0.3) is 5.91 Å². The van der Waals surface area contributed by atoms with Gasteiger partial charge in [-0.25, -0.2) is 0 Å². The Morgan fingerprint density at radius 3 is 2.50 bits per heavy atom. The lowest BCUT2D eigenvalue weighted by molar-refractivity contribution is 0.101. The van der Waals surface area contributed by atoms with Crippen LogP contribution in [0.3, 0.4) is 0 Å². The van der Waals surface area contributed by atoms with Crippen LogP contribution in [0.15, 0.2) is 46.9 Å². The SMILES string of the molecule is CC(=O)c1ccccc1NC(=O)c1ccc(Br)c(Cl)c1. The van der Waals surface area contributed by atoms with Gasteiger partial charge in [0.05, 0.1) is 10.7 Å². The molecule has 2 rings (SSSR count). The third-order valence-corrected chi connectivity index (χ3v) is 3.97. The summed E-state index contributed by atoms with van der Waals surface area (Å²) >= 11 is 9.23. The average molecular weight is 353 g/mol. The predicted octanol–water partition coefficient (Wildman–Crippen LogP) is 4.56. The molecule has 2 aromatic carbocycles. The fourth-order valence-corrected chi connectivity index (χ4v) is 2.16. The first kappa shape index (κ1) is 14.8. The first-order valence-electron chi connectivity index (χ1n) is 5.85. The van der Waals surface area contributed by atoms with Gasteiger partial charge in [-0.3, -0.25) is 9.59 Å². The maximum Gasteiger partial charge on any atom is 0.255 e. The highest BCUT2D eigenvalue weighted by Gasteiger charge is 2.12. The lowest BCUT2D eigenvalue weighted by Crippen LogP contribution is -2.14. The number of anilines is 1. The van der Waals surface area contributed by atoms with Crippen LogP contribution in [0.1, 0.15) is 27.6 Å². The normalized spacial score (nSPS) is 10.2. The Morgan fingerprint density at radius 2 is 1.85 bits per heavy atom. The van der Waals surface area contributed by atoms with Gasteiger partial charge in [-0.2, -0.15) is 0 Å². The van der Waals surface area contributed by atoms with Crippen LogP contribution in [0.2, 0.25) is 5.02 Å². The van der Waals surface area contributed by atoms with Crippen LogP contribution in [0, 0.1) is 0 Å². The summed E-state index contributed by atoms with van der Waals surface area (Å²) in [6.45, 7) is 1.46. The summed E-state index contributed by atoms with van der Waals surface area (Å²) in [6, 6.07) is 11.8. The maximum absolute atomic E-state index is 12.2. The van der Waals surface area contributed by atoms with Crippen LogP contribution < -0.4 is 5.32 Å². The zero-order valence-electron chi connectivity index (χ0n) is 10.6. The molecular formula is C15H11BrClNO2. The van der Waals surface area contributed by atoms with E-state index in [1.165, 1.54) is 6.92 Å². The molecule has 5 heteroatoms. The lowest BCUT2D eigenvalue weighted by Gasteiger charge is -2.09.